The van der Waals surface area contributed by atoms with Gasteiger partial charge in [-0.05, 0) is 30.0 Å². The van der Waals surface area contributed by atoms with Crippen molar-refractivity contribution in [2.24, 2.45) is 7.05 Å². The Morgan fingerprint density at radius 2 is 1.76 bits per heavy atom. The average Bonchev–Trinajstić information content (AvgIpc) is 2.53. The third kappa shape index (κ3) is 4.15. The lowest BCUT2D eigenvalue weighted by Gasteiger charge is -2.09. The summed E-state index contributed by atoms with van der Waals surface area (Å²) in [7, 11) is 1.95. The molecule has 0 saturated carbocycles. The number of hydrogen-bond donors (Lipinski definition) is 0. The molecular formula is C18H22NO2+. The van der Waals surface area contributed by atoms with Gasteiger partial charge in [0.15, 0.2) is 12.4 Å². The molecule has 2 aromatic rings. The molecule has 0 bridgehead atoms. The summed E-state index contributed by atoms with van der Waals surface area (Å²) in [5, 5.41) is 0. The van der Waals surface area contributed by atoms with Crippen molar-refractivity contribution in [1.82, 2.24) is 0 Å². The lowest BCUT2D eigenvalue weighted by atomic mass is 9.98. The Hall–Kier alpha value is -2.16. The molecule has 0 aliphatic rings. The summed E-state index contributed by atoms with van der Waals surface area (Å²) in [6.07, 6.45) is 4.96. The molecule has 0 spiro atoms. The Bertz CT molecular complexity index is 588. The summed E-state index contributed by atoms with van der Waals surface area (Å²) in [5.41, 5.74) is 2.84. The molecule has 1 atom stereocenters. The molecule has 2 rings (SSSR count). The van der Waals surface area contributed by atoms with E-state index in [0.717, 1.165) is 12.0 Å². The third-order valence-electron chi connectivity index (χ3n) is 3.75. The highest BCUT2D eigenvalue weighted by Crippen LogP contribution is 2.19. The Kier molecular flexibility index (Phi) is 5.09. The number of carbonyl (C=O) groups excluding carboxylic acids is 1. The van der Waals surface area contributed by atoms with Crippen LogP contribution in [0, 0.1) is 0 Å². The Morgan fingerprint density at radius 3 is 2.33 bits per heavy atom. The van der Waals surface area contributed by atoms with E-state index in [1.807, 2.05) is 60.4 Å². The highest BCUT2D eigenvalue weighted by Gasteiger charge is 2.09. The Morgan fingerprint density at radius 1 is 1.14 bits per heavy atom. The summed E-state index contributed by atoms with van der Waals surface area (Å²) in [5.74, 6) is 0.235. The van der Waals surface area contributed by atoms with E-state index in [1.165, 1.54) is 5.56 Å². The molecule has 0 N–H and O–H groups in total. The second-order valence-corrected chi connectivity index (χ2v) is 5.38. The first-order valence-electron chi connectivity index (χ1n) is 7.31. The normalized spacial score (nSPS) is 12.0. The van der Waals surface area contributed by atoms with Gasteiger partial charge in [-0.1, -0.05) is 26.0 Å². The first-order chi connectivity index (χ1) is 10.1. The molecule has 0 radical (unpaired) electrons. The van der Waals surface area contributed by atoms with Crippen molar-refractivity contribution >= 4 is 5.97 Å². The minimum absolute atomic E-state index is 0.279. The fourth-order valence-corrected chi connectivity index (χ4v) is 2.04. The van der Waals surface area contributed by atoms with Gasteiger partial charge in [-0.3, -0.25) is 0 Å². The first kappa shape index (κ1) is 15.2. The quantitative estimate of drug-likeness (QED) is 0.622. The van der Waals surface area contributed by atoms with Crippen LogP contribution in [0.4, 0.5) is 0 Å². The second-order valence-electron chi connectivity index (χ2n) is 5.38. The summed E-state index contributed by atoms with van der Waals surface area (Å²) in [6.45, 7) is 4.64. The average molecular weight is 284 g/mol. The smallest absolute Gasteiger partial charge is 0.338 e. The molecule has 1 unspecified atom stereocenters. The van der Waals surface area contributed by atoms with Crippen LogP contribution in [0.5, 0.6) is 0 Å². The minimum Gasteiger partial charge on any atom is -0.457 e. The second kappa shape index (κ2) is 7.02. The number of esters is 1. The number of aromatic nitrogens is 1. The van der Waals surface area contributed by atoms with Crippen LogP contribution in [0.2, 0.25) is 0 Å². The number of nitrogens with zero attached hydrogens (tertiary/aromatic N) is 1. The molecule has 21 heavy (non-hydrogen) atoms. The van der Waals surface area contributed by atoms with Crippen LogP contribution >= 0.6 is 0 Å². The fraction of sp³-hybridized carbons (Fsp3) is 0.333. The minimum atomic E-state index is -0.279. The van der Waals surface area contributed by atoms with Crippen LogP contribution < -0.4 is 4.57 Å². The molecule has 0 fully saturated rings. The van der Waals surface area contributed by atoms with Gasteiger partial charge in [-0.25, -0.2) is 9.36 Å². The SMILES string of the molecule is CCC(C)c1ccc(C(=O)OCc2cc[n+](C)cc2)cc1. The van der Waals surface area contributed by atoms with E-state index in [0.29, 0.717) is 18.1 Å². The number of rotatable bonds is 5. The van der Waals surface area contributed by atoms with E-state index < -0.39 is 0 Å². The zero-order chi connectivity index (χ0) is 15.2. The van der Waals surface area contributed by atoms with Crippen molar-refractivity contribution in [3.8, 4) is 0 Å². The van der Waals surface area contributed by atoms with Gasteiger partial charge in [0.05, 0.1) is 5.56 Å². The number of carbonyl (C=O) groups is 1. The van der Waals surface area contributed by atoms with Crippen molar-refractivity contribution in [1.29, 1.82) is 0 Å². The summed E-state index contributed by atoms with van der Waals surface area (Å²) in [6, 6.07) is 11.6. The lowest BCUT2D eigenvalue weighted by molar-refractivity contribution is -0.671. The van der Waals surface area contributed by atoms with Crippen molar-refractivity contribution in [3.05, 3.63) is 65.5 Å². The Labute approximate surface area is 126 Å². The zero-order valence-corrected chi connectivity index (χ0v) is 12.9. The van der Waals surface area contributed by atoms with Crippen LogP contribution in [0.25, 0.3) is 0 Å². The van der Waals surface area contributed by atoms with Crippen LogP contribution in [-0.4, -0.2) is 5.97 Å². The molecule has 0 amide bonds. The van der Waals surface area contributed by atoms with Gasteiger partial charge >= 0.3 is 5.97 Å². The van der Waals surface area contributed by atoms with E-state index in [9.17, 15) is 4.79 Å². The molecule has 0 aliphatic carbocycles. The van der Waals surface area contributed by atoms with E-state index in [-0.39, 0.29) is 5.97 Å². The van der Waals surface area contributed by atoms with Gasteiger partial charge in [-0.15, -0.1) is 0 Å². The van der Waals surface area contributed by atoms with E-state index in [2.05, 4.69) is 13.8 Å². The zero-order valence-electron chi connectivity index (χ0n) is 12.9. The first-order valence-corrected chi connectivity index (χ1v) is 7.31. The topological polar surface area (TPSA) is 30.2 Å². The van der Waals surface area contributed by atoms with E-state index >= 15 is 0 Å². The fourth-order valence-electron chi connectivity index (χ4n) is 2.04. The predicted molar refractivity (Wildman–Crippen MR) is 81.9 cm³/mol. The van der Waals surface area contributed by atoms with Crippen molar-refractivity contribution in [2.45, 2.75) is 32.8 Å². The van der Waals surface area contributed by atoms with Gasteiger partial charge in [-0.2, -0.15) is 0 Å². The van der Waals surface area contributed by atoms with Crippen molar-refractivity contribution in [2.75, 3.05) is 0 Å². The van der Waals surface area contributed by atoms with Gasteiger partial charge in [0.2, 0.25) is 0 Å². The molecule has 0 aliphatic heterocycles. The largest absolute Gasteiger partial charge is 0.457 e. The summed E-state index contributed by atoms with van der Waals surface area (Å²) < 4.78 is 7.28. The molecule has 3 nitrogen and oxygen atoms in total. The van der Waals surface area contributed by atoms with E-state index in [1.54, 1.807) is 0 Å². The van der Waals surface area contributed by atoms with Crippen molar-refractivity contribution in [3.63, 3.8) is 0 Å². The number of benzene rings is 1. The maximum Gasteiger partial charge on any atom is 0.338 e. The highest BCUT2D eigenvalue weighted by molar-refractivity contribution is 5.89. The summed E-state index contributed by atoms with van der Waals surface area (Å²) in [4.78, 5) is 12.0. The number of pyridine rings is 1. The third-order valence-corrected chi connectivity index (χ3v) is 3.75. The van der Waals surface area contributed by atoms with Crippen LogP contribution in [-0.2, 0) is 18.4 Å². The van der Waals surface area contributed by atoms with E-state index in [4.69, 9.17) is 4.74 Å². The molecule has 0 saturated heterocycles. The van der Waals surface area contributed by atoms with Crippen LogP contribution in [0.1, 0.15) is 47.7 Å². The maximum atomic E-state index is 12.0. The van der Waals surface area contributed by atoms with Crippen molar-refractivity contribution < 1.29 is 14.1 Å². The predicted octanol–water partition coefficient (Wildman–Crippen LogP) is 3.38. The maximum absolute atomic E-state index is 12.0. The molecule has 110 valence electrons. The van der Waals surface area contributed by atoms with Gasteiger partial charge in [0.25, 0.3) is 0 Å². The standard InChI is InChI=1S/C18H22NO2/c1-4-14(2)16-5-7-17(8-6-16)18(20)21-13-15-9-11-19(3)12-10-15/h5-12,14H,4,13H2,1-3H3/q+1. The van der Waals surface area contributed by atoms with Gasteiger partial charge in [0, 0.05) is 17.7 Å². The number of hydrogen-bond acceptors (Lipinski definition) is 2. The van der Waals surface area contributed by atoms with Gasteiger partial charge in [0.1, 0.15) is 13.7 Å². The molecular weight excluding hydrogens is 262 g/mol. The lowest BCUT2D eigenvalue weighted by Crippen LogP contribution is -2.26. The molecule has 1 heterocycles. The highest BCUT2D eigenvalue weighted by atomic mass is 16.5. The summed E-state index contributed by atoms with van der Waals surface area (Å²) >= 11 is 0. The molecule has 3 heteroatoms. The van der Waals surface area contributed by atoms with Gasteiger partial charge < -0.3 is 4.74 Å². The Balaban J connectivity index is 1.95. The molecule has 1 aromatic carbocycles. The van der Waals surface area contributed by atoms with Crippen LogP contribution in [0.3, 0.4) is 0 Å². The number of ether oxygens (including phenoxy) is 1. The number of aryl methyl sites for hydroxylation is 1. The monoisotopic (exact) mass is 284 g/mol. The van der Waals surface area contributed by atoms with Crippen LogP contribution in [0.15, 0.2) is 48.8 Å². The molecule has 1 aromatic heterocycles.